The van der Waals surface area contributed by atoms with E-state index in [1.54, 1.807) is 0 Å². The minimum atomic E-state index is 1.18. The Morgan fingerprint density at radius 1 is 0.486 bits per heavy atom. The molecule has 0 bridgehead atoms. The van der Waals surface area contributed by atoms with E-state index >= 15 is 0 Å². The molecule has 35 heavy (non-hydrogen) atoms. The number of para-hydroxylation sites is 2. The molecule has 0 saturated heterocycles. The Bertz CT molecular complexity index is 1610. The number of fused-ring (bicyclic) bond motifs is 3. The fraction of sp³-hybridized carbons (Fsp3) is 0.0588. The van der Waals surface area contributed by atoms with Crippen LogP contribution < -0.4 is 0 Å². The molecule has 0 spiro atoms. The first-order valence-electron chi connectivity index (χ1n) is 12.1. The molecule has 0 N–H and O–H groups in total. The zero-order valence-corrected chi connectivity index (χ0v) is 20.1. The summed E-state index contributed by atoms with van der Waals surface area (Å²) in [4.78, 5) is 0. The Labute approximate surface area is 206 Å². The third-order valence-corrected chi connectivity index (χ3v) is 6.66. The van der Waals surface area contributed by atoms with Crippen LogP contribution in [0, 0.1) is 13.8 Å². The lowest BCUT2D eigenvalue weighted by Gasteiger charge is -2.09. The Hall–Kier alpha value is -4.36. The average Bonchev–Trinajstić information content (AvgIpc) is 3.22. The van der Waals surface area contributed by atoms with E-state index in [-0.39, 0.29) is 0 Å². The highest BCUT2D eigenvalue weighted by molar-refractivity contribution is 6.09. The number of aryl methyl sites for hydroxylation is 2. The Kier molecular flexibility index (Phi) is 5.31. The number of hydrogen-bond acceptors (Lipinski definition) is 0. The molecule has 1 heteroatoms. The number of nitrogens with zero attached hydrogens (tertiary/aromatic N) is 1. The van der Waals surface area contributed by atoms with Gasteiger partial charge in [-0.05, 0) is 60.4 Å². The Morgan fingerprint density at radius 2 is 0.971 bits per heavy atom. The molecule has 1 nitrogen and oxygen atoms in total. The lowest BCUT2D eigenvalue weighted by Crippen LogP contribution is -1.93. The van der Waals surface area contributed by atoms with Gasteiger partial charge >= 0.3 is 0 Å². The second kappa shape index (κ2) is 8.77. The van der Waals surface area contributed by atoms with Gasteiger partial charge in [0.1, 0.15) is 0 Å². The van der Waals surface area contributed by atoms with Crippen molar-refractivity contribution in [2.45, 2.75) is 13.8 Å². The number of rotatable bonds is 4. The molecule has 5 aromatic carbocycles. The van der Waals surface area contributed by atoms with Crippen LogP contribution in [0.2, 0.25) is 0 Å². The van der Waals surface area contributed by atoms with Gasteiger partial charge in [0.15, 0.2) is 0 Å². The van der Waals surface area contributed by atoms with Crippen molar-refractivity contribution in [3.05, 3.63) is 138 Å². The monoisotopic (exact) mass is 449 g/mol. The van der Waals surface area contributed by atoms with Crippen LogP contribution in [0.4, 0.5) is 0 Å². The first-order chi connectivity index (χ1) is 17.2. The van der Waals surface area contributed by atoms with E-state index in [1.807, 2.05) is 0 Å². The van der Waals surface area contributed by atoms with Gasteiger partial charge in [-0.25, -0.2) is 0 Å². The van der Waals surface area contributed by atoms with Crippen LogP contribution in [-0.2, 0) is 0 Å². The third kappa shape index (κ3) is 4.06. The summed E-state index contributed by atoms with van der Waals surface area (Å²) in [5, 5.41) is 2.58. The minimum Gasteiger partial charge on any atom is -0.309 e. The fourth-order valence-electron chi connectivity index (χ4n) is 5.09. The standard InChI is InChI=1S/C34H27N/c1-24-21-25(2)23-27(22-24)12-11-26-13-15-28(16-14-26)29-17-19-30(20-18-29)35-33-9-5-3-7-31(33)32-8-4-6-10-34(32)35/h3-23H,1-2H3/b12-11+. The predicted molar refractivity (Wildman–Crippen MR) is 151 cm³/mol. The molecule has 6 aromatic rings. The molecule has 0 saturated carbocycles. The van der Waals surface area contributed by atoms with Crippen LogP contribution in [0.15, 0.2) is 115 Å². The molecule has 0 radical (unpaired) electrons. The van der Waals surface area contributed by atoms with Crippen molar-refractivity contribution in [3.63, 3.8) is 0 Å². The number of hydrogen-bond donors (Lipinski definition) is 0. The van der Waals surface area contributed by atoms with Gasteiger partial charge in [0.2, 0.25) is 0 Å². The van der Waals surface area contributed by atoms with Crippen LogP contribution in [0.25, 0.3) is 50.8 Å². The molecule has 6 rings (SSSR count). The summed E-state index contributed by atoms with van der Waals surface area (Å²) in [6, 6.07) is 41.6. The molecule has 0 aliphatic rings. The largest absolute Gasteiger partial charge is 0.309 e. The van der Waals surface area contributed by atoms with Gasteiger partial charge in [-0.1, -0.05) is 114 Å². The summed E-state index contributed by atoms with van der Waals surface area (Å²) < 4.78 is 2.36. The van der Waals surface area contributed by atoms with Crippen molar-refractivity contribution in [3.8, 4) is 16.8 Å². The summed E-state index contributed by atoms with van der Waals surface area (Å²) in [6.07, 6.45) is 4.37. The molecule has 168 valence electrons. The van der Waals surface area contributed by atoms with Gasteiger partial charge in [-0.2, -0.15) is 0 Å². The normalized spacial score (nSPS) is 11.6. The van der Waals surface area contributed by atoms with Gasteiger partial charge in [-0.3, -0.25) is 0 Å². The summed E-state index contributed by atoms with van der Waals surface area (Å²) in [7, 11) is 0. The van der Waals surface area contributed by atoms with Gasteiger partial charge in [-0.15, -0.1) is 0 Å². The second-order valence-corrected chi connectivity index (χ2v) is 9.29. The molecule has 1 heterocycles. The van der Waals surface area contributed by atoms with Crippen LogP contribution in [-0.4, -0.2) is 4.57 Å². The predicted octanol–water partition coefficient (Wildman–Crippen LogP) is 9.24. The van der Waals surface area contributed by atoms with Crippen LogP contribution >= 0.6 is 0 Å². The molecule has 0 aliphatic carbocycles. The van der Waals surface area contributed by atoms with Crippen molar-refractivity contribution in [2.75, 3.05) is 0 Å². The average molecular weight is 450 g/mol. The van der Waals surface area contributed by atoms with Gasteiger partial charge < -0.3 is 4.57 Å². The Morgan fingerprint density at radius 3 is 1.54 bits per heavy atom. The lowest BCUT2D eigenvalue weighted by atomic mass is 10.0. The summed E-state index contributed by atoms with van der Waals surface area (Å²) >= 11 is 0. The smallest absolute Gasteiger partial charge is 0.0541 e. The first-order valence-corrected chi connectivity index (χ1v) is 12.1. The molecular weight excluding hydrogens is 422 g/mol. The first kappa shape index (κ1) is 21.2. The van der Waals surface area contributed by atoms with Gasteiger partial charge in [0.25, 0.3) is 0 Å². The highest BCUT2D eigenvalue weighted by Crippen LogP contribution is 2.32. The zero-order chi connectivity index (χ0) is 23.8. The summed E-state index contributed by atoms with van der Waals surface area (Å²) in [6.45, 7) is 4.29. The van der Waals surface area contributed by atoms with Gasteiger partial charge in [0.05, 0.1) is 11.0 Å². The zero-order valence-electron chi connectivity index (χ0n) is 20.1. The maximum Gasteiger partial charge on any atom is 0.0541 e. The van der Waals surface area contributed by atoms with Crippen molar-refractivity contribution >= 4 is 34.0 Å². The van der Waals surface area contributed by atoms with Crippen molar-refractivity contribution in [1.82, 2.24) is 4.57 Å². The van der Waals surface area contributed by atoms with Crippen molar-refractivity contribution in [1.29, 1.82) is 0 Å². The fourth-order valence-corrected chi connectivity index (χ4v) is 5.09. The van der Waals surface area contributed by atoms with E-state index in [2.05, 4.69) is 146 Å². The molecule has 0 atom stereocenters. The molecule has 0 aliphatic heterocycles. The highest BCUT2D eigenvalue weighted by atomic mass is 15.0. The maximum absolute atomic E-state index is 2.36. The van der Waals surface area contributed by atoms with E-state index in [1.165, 1.54) is 60.9 Å². The molecular formula is C34H27N. The second-order valence-electron chi connectivity index (χ2n) is 9.29. The Balaban J connectivity index is 1.29. The molecule has 0 fully saturated rings. The van der Waals surface area contributed by atoms with E-state index in [0.29, 0.717) is 0 Å². The van der Waals surface area contributed by atoms with E-state index in [4.69, 9.17) is 0 Å². The van der Waals surface area contributed by atoms with Gasteiger partial charge in [0, 0.05) is 16.5 Å². The van der Waals surface area contributed by atoms with Crippen LogP contribution in [0.1, 0.15) is 22.3 Å². The number of aromatic nitrogens is 1. The maximum atomic E-state index is 2.36. The minimum absolute atomic E-state index is 1.18. The third-order valence-electron chi connectivity index (χ3n) is 6.66. The van der Waals surface area contributed by atoms with E-state index in [9.17, 15) is 0 Å². The summed E-state index contributed by atoms with van der Waals surface area (Å²) in [5.74, 6) is 0. The van der Waals surface area contributed by atoms with Crippen molar-refractivity contribution in [2.24, 2.45) is 0 Å². The molecule has 1 aromatic heterocycles. The van der Waals surface area contributed by atoms with Crippen molar-refractivity contribution < 1.29 is 0 Å². The van der Waals surface area contributed by atoms with E-state index < -0.39 is 0 Å². The van der Waals surface area contributed by atoms with Crippen LogP contribution in [0.3, 0.4) is 0 Å². The highest BCUT2D eigenvalue weighted by Gasteiger charge is 2.11. The lowest BCUT2D eigenvalue weighted by molar-refractivity contribution is 1.18. The molecule has 0 amide bonds. The topological polar surface area (TPSA) is 4.93 Å². The van der Waals surface area contributed by atoms with Crippen LogP contribution in [0.5, 0.6) is 0 Å². The quantitative estimate of drug-likeness (QED) is 0.236. The molecule has 0 unspecified atom stereocenters. The number of benzene rings is 5. The SMILES string of the molecule is Cc1cc(C)cc(/C=C/c2ccc(-c3ccc(-n4c5ccccc5c5ccccc54)cc3)cc2)c1. The summed E-state index contributed by atoms with van der Waals surface area (Å²) in [5.41, 5.74) is 11.1. The van der Waals surface area contributed by atoms with E-state index in [0.717, 1.165) is 0 Å².